The van der Waals surface area contributed by atoms with Gasteiger partial charge in [-0.15, -0.1) is 0 Å². The Balaban J connectivity index is 0.832. The van der Waals surface area contributed by atoms with Gasteiger partial charge in [0.1, 0.15) is 12.0 Å². The highest BCUT2D eigenvalue weighted by atomic mass is 15.2. The highest BCUT2D eigenvalue weighted by Gasteiger charge is 2.36. The smallest absolute Gasteiger partial charge is 0.164 e. The van der Waals surface area contributed by atoms with Crippen LogP contribution in [0.2, 0.25) is 0 Å². The van der Waals surface area contributed by atoms with Gasteiger partial charge in [-0.1, -0.05) is 240 Å². The number of aromatic nitrogens is 3. The molecule has 1 aliphatic heterocycles. The number of hydrogen-bond donors (Lipinski definition) is 1. The Morgan fingerprint density at radius 2 is 1.04 bits per heavy atom. The number of rotatable bonds is 11. The second-order valence-corrected chi connectivity index (χ2v) is 21.1. The van der Waals surface area contributed by atoms with E-state index in [2.05, 4.69) is 239 Å². The van der Waals surface area contributed by atoms with Crippen molar-refractivity contribution in [2.75, 3.05) is 0 Å². The second kappa shape index (κ2) is 21.3. The lowest BCUT2D eigenvalue weighted by Crippen LogP contribution is -2.47. The Kier molecular flexibility index (Phi) is 13.6. The summed E-state index contributed by atoms with van der Waals surface area (Å²) in [5, 5.41) is 3.87. The maximum atomic E-state index is 5.38. The van der Waals surface area contributed by atoms with Gasteiger partial charge < -0.3 is 5.32 Å². The molecule has 0 saturated carbocycles. The highest BCUT2D eigenvalue weighted by Crippen LogP contribution is 2.43. The average molecular weight is 987 g/mol. The van der Waals surface area contributed by atoms with Gasteiger partial charge in [0.05, 0.1) is 0 Å². The van der Waals surface area contributed by atoms with Crippen molar-refractivity contribution >= 4 is 22.8 Å². The quantitative estimate of drug-likeness (QED) is 0.140. The maximum absolute atomic E-state index is 5.38. The van der Waals surface area contributed by atoms with Crippen molar-refractivity contribution in [2.24, 2.45) is 39.6 Å². The fraction of sp³-hybridized carbons (Fsp3) is 0.186. The Labute approximate surface area is 447 Å². The molecule has 7 atom stereocenters. The van der Waals surface area contributed by atoms with E-state index in [1.165, 1.54) is 33.4 Å². The predicted octanol–water partition coefficient (Wildman–Crippen LogP) is 16.6. The molecule has 0 bridgehead atoms. The molecular weight excluding hydrogens is 925 g/mol. The van der Waals surface area contributed by atoms with Gasteiger partial charge in [0, 0.05) is 34.1 Å². The van der Waals surface area contributed by atoms with E-state index in [1.54, 1.807) is 0 Å². The SMILES string of the molecule is CC1CC=CC=C1C1=NC(c2ccccc2)=NC(C2C=C(c3cccc(C4C=C(c5cccc(-c6cccc(-c7nc(-c8ccccc8)nc(-c8cccc(-c9ccccc9)c8)n7)c6)c5)C=CC4C)c3)CC(C)C2C)N1. The van der Waals surface area contributed by atoms with Crippen molar-refractivity contribution in [3.05, 3.63) is 258 Å². The Bertz CT molecular complexity index is 3660. The highest BCUT2D eigenvalue weighted by molar-refractivity contribution is 6.13. The maximum Gasteiger partial charge on any atom is 0.164 e. The van der Waals surface area contributed by atoms with E-state index in [1.807, 2.05) is 24.3 Å². The minimum atomic E-state index is -0.136. The summed E-state index contributed by atoms with van der Waals surface area (Å²) in [6.07, 6.45) is 18.2. The molecule has 0 radical (unpaired) electrons. The molecule has 0 amide bonds. The molecule has 0 fully saturated rings. The first kappa shape index (κ1) is 48.3. The Hall–Kier alpha value is -8.61. The summed E-state index contributed by atoms with van der Waals surface area (Å²) in [6, 6.07) is 66.4. The van der Waals surface area contributed by atoms with Crippen LogP contribution in [0.3, 0.4) is 0 Å². The van der Waals surface area contributed by atoms with Crippen LogP contribution in [0.5, 0.6) is 0 Å². The molecule has 6 heteroatoms. The summed E-state index contributed by atoms with van der Waals surface area (Å²) >= 11 is 0. The van der Waals surface area contributed by atoms with Crippen LogP contribution in [0.25, 0.3) is 67.6 Å². The Morgan fingerprint density at radius 3 is 1.70 bits per heavy atom. The van der Waals surface area contributed by atoms with Gasteiger partial charge in [-0.25, -0.2) is 24.9 Å². The molecule has 7 aromatic carbocycles. The molecule has 4 aliphatic rings. The van der Waals surface area contributed by atoms with Crippen LogP contribution in [-0.4, -0.2) is 32.8 Å². The van der Waals surface area contributed by atoms with Gasteiger partial charge in [-0.3, -0.25) is 0 Å². The second-order valence-electron chi connectivity index (χ2n) is 21.1. The zero-order valence-corrected chi connectivity index (χ0v) is 43.6. The lowest BCUT2D eigenvalue weighted by Gasteiger charge is -2.39. The topological polar surface area (TPSA) is 75.4 Å². The van der Waals surface area contributed by atoms with Crippen molar-refractivity contribution in [2.45, 2.75) is 52.6 Å². The first-order valence-corrected chi connectivity index (χ1v) is 27.0. The molecule has 8 aromatic rings. The normalized spacial score (nSPS) is 22.1. The van der Waals surface area contributed by atoms with Crippen molar-refractivity contribution in [1.82, 2.24) is 20.3 Å². The van der Waals surface area contributed by atoms with Crippen LogP contribution >= 0.6 is 0 Å². The molecule has 1 aromatic heterocycles. The molecule has 0 spiro atoms. The largest absolute Gasteiger partial charge is 0.348 e. The monoisotopic (exact) mass is 987 g/mol. The minimum Gasteiger partial charge on any atom is -0.348 e. The molecular formula is C70H62N6. The standard InChI is InChI=1S/C70H62N6/c1-45-20-14-15-35-62(45)69-74-66(51-25-12-7-13-26-51)75-70(76-69)64-44-61(38-47(3)48(64)4)56-31-17-32-58(40-56)63-43-57(37-36-46(63)2)54-29-16-28-53(39-54)55-30-19-34-60(42-55)68-72-65(50-23-10-6-11-24-50)71-67(73-68)59-33-18-27-52(41-59)49-21-8-5-9-22-49/h5-19,21-37,39-48,63-64,70H,20,38H2,1-4H3,(H,74,75,76). The van der Waals surface area contributed by atoms with E-state index in [0.717, 1.165) is 69.0 Å². The van der Waals surface area contributed by atoms with Crippen molar-refractivity contribution in [1.29, 1.82) is 0 Å². The van der Waals surface area contributed by atoms with E-state index in [-0.39, 0.29) is 18.0 Å². The van der Waals surface area contributed by atoms with Gasteiger partial charge in [-0.2, -0.15) is 0 Å². The number of nitrogens with one attached hydrogen (secondary N) is 1. The van der Waals surface area contributed by atoms with Gasteiger partial charge >= 0.3 is 0 Å². The van der Waals surface area contributed by atoms with Crippen molar-refractivity contribution in [3.8, 4) is 56.4 Å². The van der Waals surface area contributed by atoms with Crippen LogP contribution in [0.4, 0.5) is 0 Å². The van der Waals surface area contributed by atoms with Crippen LogP contribution < -0.4 is 5.32 Å². The minimum absolute atomic E-state index is 0.136. The number of hydrogen-bond acceptors (Lipinski definition) is 6. The third kappa shape index (κ3) is 10.2. The van der Waals surface area contributed by atoms with Crippen LogP contribution in [-0.2, 0) is 0 Å². The summed E-state index contributed by atoms with van der Waals surface area (Å²) in [6.45, 7) is 9.45. The van der Waals surface area contributed by atoms with Gasteiger partial charge in [0.15, 0.2) is 23.3 Å². The molecule has 2 heterocycles. The van der Waals surface area contributed by atoms with E-state index in [9.17, 15) is 0 Å². The number of benzene rings is 7. The fourth-order valence-electron chi connectivity index (χ4n) is 11.4. The third-order valence-electron chi connectivity index (χ3n) is 16.0. The summed E-state index contributed by atoms with van der Waals surface area (Å²) in [5.74, 6) is 5.67. The van der Waals surface area contributed by atoms with Gasteiger partial charge in [0.25, 0.3) is 0 Å². The molecule has 6 nitrogen and oxygen atoms in total. The van der Waals surface area contributed by atoms with Crippen LogP contribution in [0.15, 0.2) is 246 Å². The zero-order chi connectivity index (χ0) is 51.5. The first-order valence-electron chi connectivity index (χ1n) is 27.0. The van der Waals surface area contributed by atoms with Crippen molar-refractivity contribution < 1.29 is 0 Å². The number of allylic oxidation sites excluding steroid dienone is 8. The fourth-order valence-corrected chi connectivity index (χ4v) is 11.4. The van der Waals surface area contributed by atoms with E-state index in [0.29, 0.717) is 41.1 Å². The molecule has 12 rings (SSSR count). The van der Waals surface area contributed by atoms with Crippen molar-refractivity contribution in [3.63, 3.8) is 0 Å². The Morgan fingerprint density at radius 1 is 0.500 bits per heavy atom. The van der Waals surface area contributed by atoms with Gasteiger partial charge in [-0.05, 0) is 110 Å². The molecule has 0 saturated heterocycles. The first-order chi connectivity index (χ1) is 37.3. The summed E-state index contributed by atoms with van der Waals surface area (Å²) in [7, 11) is 0. The average Bonchev–Trinajstić information content (AvgIpc) is 3.51. The number of aliphatic imine (C=N–C) groups is 2. The zero-order valence-electron chi connectivity index (χ0n) is 43.6. The van der Waals surface area contributed by atoms with E-state index in [4.69, 9.17) is 24.9 Å². The van der Waals surface area contributed by atoms with E-state index < -0.39 is 0 Å². The summed E-state index contributed by atoms with van der Waals surface area (Å²) in [5.41, 5.74) is 16.0. The molecule has 1 N–H and O–H groups in total. The van der Waals surface area contributed by atoms with Gasteiger partial charge in [0.2, 0.25) is 0 Å². The molecule has 372 valence electrons. The molecule has 3 aliphatic carbocycles. The third-order valence-corrected chi connectivity index (χ3v) is 16.0. The lowest BCUT2D eigenvalue weighted by molar-refractivity contribution is 0.253. The summed E-state index contributed by atoms with van der Waals surface area (Å²) < 4.78 is 0. The lowest BCUT2D eigenvalue weighted by atomic mass is 9.72. The molecule has 76 heavy (non-hydrogen) atoms. The van der Waals surface area contributed by atoms with Crippen LogP contribution in [0.1, 0.15) is 68.7 Å². The van der Waals surface area contributed by atoms with E-state index >= 15 is 0 Å². The predicted molar refractivity (Wildman–Crippen MR) is 315 cm³/mol. The molecule has 7 unspecified atom stereocenters. The van der Waals surface area contributed by atoms with Crippen LogP contribution in [0, 0.1) is 29.6 Å². The summed E-state index contributed by atoms with van der Waals surface area (Å²) in [4.78, 5) is 25.8. The number of amidine groups is 2. The number of nitrogens with zero attached hydrogens (tertiary/aromatic N) is 5.